The fourth-order valence-electron chi connectivity index (χ4n) is 1.94. The maximum absolute atomic E-state index is 11.1. The molecule has 1 unspecified atom stereocenters. The van der Waals surface area contributed by atoms with Gasteiger partial charge >= 0.3 is 5.97 Å². The summed E-state index contributed by atoms with van der Waals surface area (Å²) in [5.41, 5.74) is 0. The van der Waals surface area contributed by atoms with Crippen molar-refractivity contribution in [2.45, 2.75) is 51.4 Å². The van der Waals surface area contributed by atoms with Gasteiger partial charge in [0, 0.05) is 12.5 Å². The predicted octanol–water partition coefficient (Wildman–Crippen LogP) is 2.24. The van der Waals surface area contributed by atoms with E-state index in [0.717, 1.165) is 19.3 Å². The molecule has 0 aromatic heterocycles. The Morgan fingerprint density at radius 1 is 1.33 bits per heavy atom. The first kappa shape index (κ1) is 12.7. The highest BCUT2D eigenvalue weighted by molar-refractivity contribution is 6.73. The van der Waals surface area contributed by atoms with Gasteiger partial charge < -0.3 is 9.30 Å². The number of esters is 1. The fourth-order valence-corrected chi connectivity index (χ4v) is 3.30. The standard InChI is InChI=1S/C11H23NO2Si/c1-12(15(2,3)4)10-6-5-7-11(13)14-9-8-10/h10H,5-9H2,1-4H3. The lowest BCUT2D eigenvalue weighted by atomic mass is 10.1. The number of ether oxygens (including phenoxy) is 1. The minimum atomic E-state index is -1.21. The largest absolute Gasteiger partial charge is 0.466 e. The molecule has 1 fully saturated rings. The molecule has 0 N–H and O–H groups in total. The van der Waals surface area contributed by atoms with Crippen LogP contribution in [0.1, 0.15) is 25.7 Å². The molecule has 0 bridgehead atoms. The summed E-state index contributed by atoms with van der Waals surface area (Å²) in [5, 5.41) is 0. The first-order valence-electron chi connectivity index (χ1n) is 5.80. The first-order valence-corrected chi connectivity index (χ1v) is 9.24. The molecular formula is C11H23NO2Si. The summed E-state index contributed by atoms with van der Waals surface area (Å²) in [6.45, 7) is 7.67. The van der Waals surface area contributed by atoms with Crippen molar-refractivity contribution in [3.8, 4) is 0 Å². The lowest BCUT2D eigenvalue weighted by Crippen LogP contribution is -2.50. The van der Waals surface area contributed by atoms with Gasteiger partial charge in [-0.1, -0.05) is 19.6 Å². The molecule has 0 aromatic carbocycles. The van der Waals surface area contributed by atoms with Gasteiger partial charge in [-0.2, -0.15) is 0 Å². The van der Waals surface area contributed by atoms with Gasteiger partial charge in [0.05, 0.1) is 6.61 Å². The topological polar surface area (TPSA) is 29.5 Å². The van der Waals surface area contributed by atoms with Crippen molar-refractivity contribution in [2.24, 2.45) is 0 Å². The molecule has 0 aliphatic carbocycles. The van der Waals surface area contributed by atoms with Gasteiger partial charge in [-0.05, 0) is 26.3 Å². The van der Waals surface area contributed by atoms with Crippen LogP contribution in [0, 0.1) is 0 Å². The maximum atomic E-state index is 11.1. The normalized spacial score (nSPS) is 24.6. The number of nitrogens with zero attached hydrogens (tertiary/aromatic N) is 1. The van der Waals surface area contributed by atoms with Crippen LogP contribution in [-0.4, -0.2) is 38.5 Å². The summed E-state index contributed by atoms with van der Waals surface area (Å²) < 4.78 is 7.66. The zero-order chi connectivity index (χ0) is 11.5. The van der Waals surface area contributed by atoms with E-state index in [0.29, 0.717) is 19.1 Å². The average molecular weight is 229 g/mol. The number of rotatable bonds is 2. The second-order valence-electron chi connectivity index (χ2n) is 5.34. The second-order valence-corrected chi connectivity index (χ2v) is 10.4. The van der Waals surface area contributed by atoms with E-state index in [-0.39, 0.29) is 5.97 Å². The van der Waals surface area contributed by atoms with Gasteiger partial charge in [0.25, 0.3) is 0 Å². The summed E-state index contributed by atoms with van der Waals surface area (Å²) in [6.07, 6.45) is 3.69. The third kappa shape index (κ3) is 3.95. The monoisotopic (exact) mass is 229 g/mol. The van der Waals surface area contributed by atoms with E-state index in [1.54, 1.807) is 0 Å². The van der Waals surface area contributed by atoms with Crippen LogP contribution in [0.2, 0.25) is 19.6 Å². The number of hydrogen-bond donors (Lipinski definition) is 0. The van der Waals surface area contributed by atoms with E-state index < -0.39 is 8.24 Å². The summed E-state index contributed by atoms with van der Waals surface area (Å²) >= 11 is 0. The van der Waals surface area contributed by atoms with Crippen LogP contribution in [0.15, 0.2) is 0 Å². The molecule has 88 valence electrons. The van der Waals surface area contributed by atoms with E-state index in [1.807, 2.05) is 0 Å². The van der Waals surface area contributed by atoms with Gasteiger partial charge in [-0.25, -0.2) is 0 Å². The van der Waals surface area contributed by atoms with E-state index >= 15 is 0 Å². The van der Waals surface area contributed by atoms with E-state index in [2.05, 4.69) is 31.3 Å². The van der Waals surface area contributed by atoms with E-state index in [4.69, 9.17) is 4.74 Å². The zero-order valence-corrected chi connectivity index (χ0v) is 11.4. The van der Waals surface area contributed by atoms with Crippen molar-refractivity contribution in [2.75, 3.05) is 13.7 Å². The van der Waals surface area contributed by atoms with Crippen molar-refractivity contribution in [3.63, 3.8) is 0 Å². The number of cyclic esters (lactones) is 1. The highest BCUT2D eigenvalue weighted by Crippen LogP contribution is 2.20. The van der Waals surface area contributed by atoms with Gasteiger partial charge in [0.2, 0.25) is 0 Å². The average Bonchev–Trinajstić information content (AvgIpc) is 2.08. The van der Waals surface area contributed by atoms with Gasteiger partial charge in [0.1, 0.15) is 8.24 Å². The predicted molar refractivity (Wildman–Crippen MR) is 64.3 cm³/mol. The van der Waals surface area contributed by atoms with Crippen LogP contribution >= 0.6 is 0 Å². The van der Waals surface area contributed by atoms with Crippen LogP contribution in [0.5, 0.6) is 0 Å². The summed E-state index contributed by atoms with van der Waals surface area (Å²) in [4.78, 5) is 11.1. The third-order valence-corrected chi connectivity index (χ3v) is 5.72. The van der Waals surface area contributed by atoms with Crippen LogP contribution in [0.4, 0.5) is 0 Å². The molecule has 1 heterocycles. The maximum Gasteiger partial charge on any atom is 0.305 e. The molecule has 0 aromatic rings. The Morgan fingerprint density at radius 2 is 2.00 bits per heavy atom. The molecule has 1 aliphatic rings. The van der Waals surface area contributed by atoms with Crippen LogP contribution in [0.3, 0.4) is 0 Å². The Bertz CT molecular complexity index is 213. The molecule has 3 nitrogen and oxygen atoms in total. The molecule has 0 saturated carbocycles. The molecule has 1 atom stereocenters. The molecular weight excluding hydrogens is 206 g/mol. The minimum absolute atomic E-state index is 0.0240. The van der Waals surface area contributed by atoms with Gasteiger partial charge in [-0.3, -0.25) is 4.79 Å². The van der Waals surface area contributed by atoms with Crippen molar-refractivity contribution in [1.82, 2.24) is 4.57 Å². The lowest BCUT2D eigenvalue weighted by Gasteiger charge is -2.38. The molecule has 15 heavy (non-hydrogen) atoms. The number of carbonyl (C=O) groups is 1. The quantitative estimate of drug-likeness (QED) is 0.537. The van der Waals surface area contributed by atoms with Crippen LogP contribution < -0.4 is 0 Å². The van der Waals surface area contributed by atoms with E-state index in [1.165, 1.54) is 0 Å². The Morgan fingerprint density at radius 3 is 2.60 bits per heavy atom. The second kappa shape index (κ2) is 5.12. The Kier molecular flexibility index (Phi) is 4.34. The summed E-state index contributed by atoms with van der Waals surface area (Å²) in [6, 6.07) is 0.602. The van der Waals surface area contributed by atoms with Crippen molar-refractivity contribution >= 4 is 14.2 Å². The molecule has 1 aliphatic heterocycles. The van der Waals surface area contributed by atoms with Gasteiger partial charge in [-0.15, -0.1) is 0 Å². The molecule has 0 spiro atoms. The Hall–Kier alpha value is -0.353. The summed E-state index contributed by atoms with van der Waals surface area (Å²) in [7, 11) is 1.01. The lowest BCUT2D eigenvalue weighted by molar-refractivity contribution is -0.144. The number of hydrogen-bond acceptors (Lipinski definition) is 3. The SMILES string of the molecule is CN(C1CCCC(=O)OCC1)[Si](C)(C)C. The van der Waals surface area contributed by atoms with Gasteiger partial charge in [0.15, 0.2) is 0 Å². The molecule has 1 saturated heterocycles. The van der Waals surface area contributed by atoms with Crippen molar-refractivity contribution in [1.29, 1.82) is 0 Å². The third-order valence-electron chi connectivity index (χ3n) is 3.24. The molecule has 1 rings (SSSR count). The van der Waals surface area contributed by atoms with Crippen LogP contribution in [-0.2, 0) is 9.53 Å². The first-order chi connectivity index (χ1) is 6.91. The number of carbonyl (C=O) groups excluding carboxylic acids is 1. The minimum Gasteiger partial charge on any atom is -0.466 e. The Labute approximate surface area is 93.9 Å². The molecule has 4 heteroatoms. The molecule has 0 amide bonds. The van der Waals surface area contributed by atoms with Crippen molar-refractivity contribution in [3.05, 3.63) is 0 Å². The Balaban J connectivity index is 2.51. The highest BCUT2D eigenvalue weighted by atomic mass is 28.3. The fraction of sp³-hybridized carbons (Fsp3) is 0.909. The summed E-state index contributed by atoms with van der Waals surface area (Å²) in [5.74, 6) is -0.0240. The zero-order valence-electron chi connectivity index (χ0n) is 10.4. The molecule has 0 radical (unpaired) electrons. The van der Waals surface area contributed by atoms with Crippen molar-refractivity contribution < 1.29 is 9.53 Å². The smallest absolute Gasteiger partial charge is 0.305 e. The van der Waals surface area contributed by atoms with E-state index in [9.17, 15) is 4.79 Å². The van der Waals surface area contributed by atoms with Crippen LogP contribution in [0.25, 0.3) is 0 Å². The highest BCUT2D eigenvalue weighted by Gasteiger charge is 2.27.